The average molecular weight is 528 g/mol. The van der Waals surface area contributed by atoms with Crippen molar-refractivity contribution in [1.29, 1.82) is 0 Å². The molecule has 3 amide bonds. The molecule has 0 atom stereocenters. The summed E-state index contributed by atoms with van der Waals surface area (Å²) in [6.07, 6.45) is 4.50. The highest BCUT2D eigenvalue weighted by molar-refractivity contribution is 6.30. The molecule has 0 aromatic heterocycles. The van der Waals surface area contributed by atoms with E-state index in [2.05, 4.69) is 22.8 Å². The van der Waals surface area contributed by atoms with Gasteiger partial charge in [0, 0.05) is 36.8 Å². The number of amides is 3. The predicted molar refractivity (Wildman–Crippen MR) is 141 cm³/mol. The van der Waals surface area contributed by atoms with E-state index in [1.54, 1.807) is 24.3 Å². The van der Waals surface area contributed by atoms with E-state index in [1.807, 2.05) is 17.0 Å². The van der Waals surface area contributed by atoms with Crippen LogP contribution in [0.4, 0.5) is 4.79 Å². The second-order valence-electron chi connectivity index (χ2n) is 9.75. The highest BCUT2D eigenvalue weighted by atomic mass is 35.5. The van der Waals surface area contributed by atoms with Gasteiger partial charge in [-0.05, 0) is 86.4 Å². The van der Waals surface area contributed by atoms with Crippen LogP contribution in [0.3, 0.4) is 0 Å². The molecule has 37 heavy (non-hydrogen) atoms. The second kappa shape index (κ2) is 12.8. The number of carbonyl (C=O) groups excluding carboxylic acids is 2. The molecule has 2 fully saturated rings. The van der Waals surface area contributed by atoms with Crippen LogP contribution in [-0.2, 0) is 4.79 Å². The van der Waals surface area contributed by atoms with Crippen LogP contribution >= 0.6 is 11.6 Å². The molecule has 9 heteroatoms. The van der Waals surface area contributed by atoms with Crippen molar-refractivity contribution in [2.45, 2.75) is 50.5 Å². The first-order chi connectivity index (χ1) is 17.9. The number of likely N-dealkylation sites (tertiary alicyclic amines) is 1. The number of ether oxygens (including phenoxy) is 1. The van der Waals surface area contributed by atoms with Crippen molar-refractivity contribution in [3.63, 3.8) is 0 Å². The zero-order valence-corrected chi connectivity index (χ0v) is 21.6. The lowest BCUT2D eigenvalue weighted by molar-refractivity contribution is -0.143. The van der Waals surface area contributed by atoms with Crippen LogP contribution in [0, 0.1) is 5.92 Å². The van der Waals surface area contributed by atoms with Gasteiger partial charge in [0.25, 0.3) is 5.91 Å². The minimum Gasteiger partial charge on any atom is -0.490 e. The molecule has 3 N–H and O–H groups in total. The van der Waals surface area contributed by atoms with E-state index < -0.39 is 5.97 Å². The third kappa shape index (κ3) is 7.61. The molecule has 1 aliphatic heterocycles. The van der Waals surface area contributed by atoms with Gasteiger partial charge in [-0.3, -0.25) is 9.59 Å². The second-order valence-corrected chi connectivity index (χ2v) is 10.2. The molecule has 2 aromatic carbocycles. The zero-order valence-electron chi connectivity index (χ0n) is 20.8. The Morgan fingerprint density at radius 3 is 2.11 bits per heavy atom. The Morgan fingerprint density at radius 1 is 0.865 bits per heavy atom. The van der Waals surface area contributed by atoms with Crippen molar-refractivity contribution in [3.8, 4) is 5.75 Å². The van der Waals surface area contributed by atoms with Crippen molar-refractivity contribution in [2.24, 2.45) is 5.92 Å². The number of carbonyl (C=O) groups is 3. The summed E-state index contributed by atoms with van der Waals surface area (Å²) in [5, 5.41) is 15.5. The maximum absolute atomic E-state index is 12.5. The molecule has 0 radical (unpaired) electrons. The van der Waals surface area contributed by atoms with Gasteiger partial charge in [0.15, 0.2) is 0 Å². The number of aliphatic carboxylic acids is 1. The van der Waals surface area contributed by atoms with E-state index in [0.717, 1.165) is 17.9 Å². The fraction of sp³-hybridized carbons (Fsp3) is 0.464. The molecule has 198 valence electrons. The van der Waals surface area contributed by atoms with E-state index in [4.69, 9.17) is 21.4 Å². The number of hydrogen-bond donors (Lipinski definition) is 3. The monoisotopic (exact) mass is 527 g/mol. The van der Waals surface area contributed by atoms with E-state index >= 15 is 0 Å². The van der Waals surface area contributed by atoms with Crippen molar-refractivity contribution < 1.29 is 24.2 Å². The van der Waals surface area contributed by atoms with Crippen molar-refractivity contribution >= 4 is 29.5 Å². The molecule has 1 aliphatic carbocycles. The molecule has 0 bridgehead atoms. The molecule has 0 unspecified atom stereocenters. The number of hydrogen-bond acceptors (Lipinski definition) is 4. The van der Waals surface area contributed by atoms with E-state index in [0.29, 0.717) is 69.1 Å². The first-order valence-corrected chi connectivity index (χ1v) is 13.3. The molecule has 1 saturated carbocycles. The number of benzene rings is 2. The van der Waals surface area contributed by atoms with Crippen LogP contribution in [0.25, 0.3) is 0 Å². The summed E-state index contributed by atoms with van der Waals surface area (Å²) in [4.78, 5) is 37.8. The maximum atomic E-state index is 12.5. The Bertz CT molecular complexity index is 1060. The summed E-state index contributed by atoms with van der Waals surface area (Å²) in [6, 6.07) is 14.7. The molecule has 1 saturated heterocycles. The maximum Gasteiger partial charge on any atom is 0.317 e. The fourth-order valence-electron chi connectivity index (χ4n) is 5.02. The van der Waals surface area contributed by atoms with Crippen LogP contribution in [0.15, 0.2) is 48.5 Å². The third-order valence-electron chi connectivity index (χ3n) is 7.25. The number of nitrogens with zero attached hydrogens (tertiary/aromatic N) is 1. The topological polar surface area (TPSA) is 108 Å². The zero-order chi connectivity index (χ0) is 26.2. The number of rotatable bonds is 8. The minimum atomic E-state index is -0.733. The van der Waals surface area contributed by atoms with Gasteiger partial charge in [0.1, 0.15) is 5.75 Å². The van der Waals surface area contributed by atoms with E-state index in [9.17, 15) is 14.4 Å². The van der Waals surface area contributed by atoms with Crippen LogP contribution in [-0.4, -0.2) is 60.2 Å². The van der Waals surface area contributed by atoms with Gasteiger partial charge in [-0.1, -0.05) is 23.7 Å². The van der Waals surface area contributed by atoms with Gasteiger partial charge < -0.3 is 25.4 Å². The SMILES string of the molecule is O=C(NCCNC(=O)N1CCC(c2ccc(Cl)cc2)CC1)c1ccc(OC2CCC(C(=O)O)CC2)cc1. The van der Waals surface area contributed by atoms with E-state index in [1.165, 1.54) is 5.56 Å². The van der Waals surface area contributed by atoms with Crippen LogP contribution in [0.5, 0.6) is 5.75 Å². The number of urea groups is 1. The van der Waals surface area contributed by atoms with Gasteiger partial charge in [-0.25, -0.2) is 4.79 Å². The highest BCUT2D eigenvalue weighted by Gasteiger charge is 2.27. The van der Waals surface area contributed by atoms with Gasteiger partial charge in [0.2, 0.25) is 0 Å². The minimum absolute atomic E-state index is 0.00196. The Hall–Kier alpha value is -3.26. The lowest BCUT2D eigenvalue weighted by Crippen LogP contribution is -2.46. The Labute approximate surface area is 222 Å². The molecule has 4 rings (SSSR count). The van der Waals surface area contributed by atoms with Crippen molar-refractivity contribution in [1.82, 2.24) is 15.5 Å². The molecular formula is C28H34ClN3O5. The Kier molecular flexibility index (Phi) is 9.28. The van der Waals surface area contributed by atoms with Gasteiger partial charge in [-0.2, -0.15) is 0 Å². The molecular weight excluding hydrogens is 494 g/mol. The number of carboxylic acids is 1. The smallest absolute Gasteiger partial charge is 0.317 e. The Morgan fingerprint density at radius 2 is 1.49 bits per heavy atom. The summed E-state index contributed by atoms with van der Waals surface area (Å²) < 4.78 is 5.95. The lowest BCUT2D eigenvalue weighted by atomic mass is 9.87. The van der Waals surface area contributed by atoms with Gasteiger partial charge in [-0.15, -0.1) is 0 Å². The average Bonchev–Trinajstić information content (AvgIpc) is 2.92. The van der Waals surface area contributed by atoms with Crippen LogP contribution in [0.1, 0.15) is 60.4 Å². The normalized spacial score (nSPS) is 20.2. The standard InChI is InChI=1S/C28H34ClN3O5/c29-23-7-1-19(2-8-23)20-13-17-32(18-14-20)28(36)31-16-15-30-26(33)21-3-9-24(10-4-21)37-25-11-5-22(6-12-25)27(34)35/h1-4,7-10,20,22,25H,5-6,11-18H2,(H,30,33)(H,31,36)(H,34,35). The molecule has 2 aliphatic rings. The number of nitrogens with one attached hydrogen (secondary N) is 2. The summed E-state index contributed by atoms with van der Waals surface area (Å²) >= 11 is 5.97. The van der Waals surface area contributed by atoms with Gasteiger partial charge >= 0.3 is 12.0 Å². The number of halogens is 1. The lowest BCUT2D eigenvalue weighted by Gasteiger charge is -2.32. The van der Waals surface area contributed by atoms with Gasteiger partial charge in [0.05, 0.1) is 12.0 Å². The molecule has 1 heterocycles. The third-order valence-corrected chi connectivity index (χ3v) is 7.51. The first kappa shape index (κ1) is 26.8. The van der Waals surface area contributed by atoms with Crippen LogP contribution in [0.2, 0.25) is 5.02 Å². The summed E-state index contributed by atoms with van der Waals surface area (Å²) in [5.41, 5.74) is 1.77. The molecule has 0 spiro atoms. The van der Waals surface area contributed by atoms with Crippen molar-refractivity contribution in [3.05, 3.63) is 64.7 Å². The largest absolute Gasteiger partial charge is 0.490 e. The Balaban J connectivity index is 1.12. The number of carboxylic acid groups (broad SMARTS) is 1. The molecule has 2 aromatic rings. The van der Waals surface area contributed by atoms with Crippen LogP contribution < -0.4 is 15.4 Å². The highest BCUT2D eigenvalue weighted by Crippen LogP contribution is 2.29. The fourth-order valence-corrected chi connectivity index (χ4v) is 5.14. The quantitative estimate of drug-likeness (QED) is 0.432. The molecule has 8 nitrogen and oxygen atoms in total. The summed E-state index contributed by atoms with van der Waals surface area (Å²) in [6.45, 7) is 2.07. The summed E-state index contributed by atoms with van der Waals surface area (Å²) in [7, 11) is 0. The van der Waals surface area contributed by atoms with Crippen molar-refractivity contribution in [2.75, 3.05) is 26.2 Å². The van der Waals surface area contributed by atoms with E-state index in [-0.39, 0.29) is 24.0 Å². The predicted octanol–water partition coefficient (Wildman–Crippen LogP) is 4.68. The first-order valence-electron chi connectivity index (χ1n) is 12.9. The summed E-state index contributed by atoms with van der Waals surface area (Å²) in [5.74, 6) is -0.121. The number of piperidine rings is 1.